The zero-order valence-electron chi connectivity index (χ0n) is 22.9. The third-order valence-corrected chi connectivity index (χ3v) is 7.08. The summed E-state index contributed by atoms with van der Waals surface area (Å²) in [5.74, 6) is -0.927. The van der Waals surface area contributed by atoms with Crippen LogP contribution in [0.4, 0.5) is 11.4 Å². The predicted octanol–water partition coefficient (Wildman–Crippen LogP) is 2.78. The van der Waals surface area contributed by atoms with E-state index in [-0.39, 0.29) is 44.0 Å². The third-order valence-electron chi connectivity index (χ3n) is 7.08. The largest absolute Gasteiger partial charge is 0.382 e. The van der Waals surface area contributed by atoms with E-state index in [4.69, 9.17) is 9.47 Å². The molecule has 3 aromatic rings. The average Bonchev–Trinajstić information content (AvgIpc) is 3.06. The molecule has 206 valence electrons. The Morgan fingerprint density at radius 3 is 2.49 bits per heavy atom. The van der Waals surface area contributed by atoms with Crippen molar-refractivity contribution in [3.05, 3.63) is 71.8 Å². The van der Waals surface area contributed by atoms with Crippen LogP contribution in [0.5, 0.6) is 0 Å². The van der Waals surface area contributed by atoms with E-state index in [9.17, 15) is 14.4 Å². The summed E-state index contributed by atoms with van der Waals surface area (Å²) in [5.41, 5.74) is 3.24. The van der Waals surface area contributed by atoms with Crippen LogP contribution in [0.15, 0.2) is 60.7 Å². The van der Waals surface area contributed by atoms with Gasteiger partial charge in [-0.2, -0.15) is 0 Å². The van der Waals surface area contributed by atoms with Crippen LogP contribution in [0.25, 0.3) is 10.8 Å². The SMILES string of the molecule is CNC(C)C(=O)N[C@H]1CN(C(=O)COCCOC)c2ccccc2N(Cc2c(C)ccc3ccccc23)C1=O. The Labute approximate surface area is 229 Å². The maximum Gasteiger partial charge on any atom is 0.253 e. The van der Waals surface area contributed by atoms with Crippen LogP contribution >= 0.6 is 0 Å². The number of para-hydroxylation sites is 2. The van der Waals surface area contributed by atoms with Crippen molar-refractivity contribution in [2.45, 2.75) is 32.5 Å². The number of carbonyl (C=O) groups excluding carboxylic acids is 3. The van der Waals surface area contributed by atoms with E-state index in [0.29, 0.717) is 18.0 Å². The minimum Gasteiger partial charge on any atom is -0.382 e. The van der Waals surface area contributed by atoms with Crippen molar-refractivity contribution in [3.8, 4) is 0 Å². The highest BCUT2D eigenvalue weighted by atomic mass is 16.5. The number of hydrogen-bond donors (Lipinski definition) is 2. The zero-order valence-corrected chi connectivity index (χ0v) is 22.9. The predicted molar refractivity (Wildman–Crippen MR) is 152 cm³/mol. The highest BCUT2D eigenvalue weighted by Gasteiger charge is 2.37. The normalized spacial score (nSPS) is 16.1. The molecule has 4 rings (SSSR count). The van der Waals surface area contributed by atoms with Gasteiger partial charge in [0.25, 0.3) is 11.8 Å². The molecule has 0 radical (unpaired) electrons. The van der Waals surface area contributed by atoms with Crippen molar-refractivity contribution in [3.63, 3.8) is 0 Å². The quantitative estimate of drug-likeness (QED) is 0.390. The summed E-state index contributed by atoms with van der Waals surface area (Å²) in [7, 11) is 3.24. The van der Waals surface area contributed by atoms with Crippen molar-refractivity contribution in [2.75, 3.05) is 50.3 Å². The maximum atomic E-state index is 14.2. The van der Waals surface area contributed by atoms with Gasteiger partial charge in [-0.05, 0) is 54.9 Å². The number of carbonyl (C=O) groups is 3. The second-order valence-corrected chi connectivity index (χ2v) is 9.62. The van der Waals surface area contributed by atoms with Gasteiger partial charge in [0.2, 0.25) is 5.91 Å². The number of aryl methyl sites for hydroxylation is 1. The summed E-state index contributed by atoms with van der Waals surface area (Å²) in [6.45, 7) is 4.46. The number of nitrogens with one attached hydrogen (secondary N) is 2. The van der Waals surface area contributed by atoms with Crippen molar-refractivity contribution >= 4 is 39.9 Å². The van der Waals surface area contributed by atoms with Crippen LogP contribution in [0, 0.1) is 6.92 Å². The first kappa shape index (κ1) is 28.2. The van der Waals surface area contributed by atoms with Gasteiger partial charge in [-0.3, -0.25) is 14.4 Å². The van der Waals surface area contributed by atoms with Gasteiger partial charge in [0.05, 0.1) is 43.7 Å². The Bertz CT molecular complexity index is 1340. The van der Waals surface area contributed by atoms with Gasteiger partial charge in [-0.15, -0.1) is 0 Å². The van der Waals surface area contributed by atoms with Gasteiger partial charge in [-0.1, -0.05) is 48.5 Å². The Balaban J connectivity index is 1.77. The molecule has 9 nitrogen and oxygen atoms in total. The number of methoxy groups -OCH3 is 1. The monoisotopic (exact) mass is 532 g/mol. The lowest BCUT2D eigenvalue weighted by atomic mass is 9.99. The summed E-state index contributed by atoms with van der Waals surface area (Å²) in [6, 6.07) is 18.0. The first-order valence-corrected chi connectivity index (χ1v) is 13.1. The van der Waals surface area contributed by atoms with Gasteiger partial charge in [-0.25, -0.2) is 0 Å². The van der Waals surface area contributed by atoms with Gasteiger partial charge < -0.3 is 29.9 Å². The van der Waals surface area contributed by atoms with Crippen molar-refractivity contribution in [2.24, 2.45) is 0 Å². The minimum atomic E-state index is -0.959. The van der Waals surface area contributed by atoms with Crippen LogP contribution in [0.3, 0.4) is 0 Å². The molecular formula is C30H36N4O5. The smallest absolute Gasteiger partial charge is 0.253 e. The fourth-order valence-electron chi connectivity index (χ4n) is 4.71. The van der Waals surface area contributed by atoms with E-state index < -0.39 is 12.1 Å². The molecule has 1 aliphatic heterocycles. The number of likely N-dealkylation sites (N-methyl/N-ethyl adjacent to an activating group) is 1. The number of amides is 3. The summed E-state index contributed by atoms with van der Waals surface area (Å²) < 4.78 is 10.5. The summed E-state index contributed by atoms with van der Waals surface area (Å²) >= 11 is 0. The molecule has 0 spiro atoms. The molecule has 1 unspecified atom stereocenters. The highest BCUT2D eigenvalue weighted by molar-refractivity contribution is 6.08. The molecule has 0 aromatic heterocycles. The molecule has 3 aromatic carbocycles. The Morgan fingerprint density at radius 1 is 1.03 bits per heavy atom. The lowest BCUT2D eigenvalue weighted by molar-refractivity contribution is -0.129. The van der Waals surface area contributed by atoms with Crippen LogP contribution in [0.2, 0.25) is 0 Å². The van der Waals surface area contributed by atoms with Crippen molar-refractivity contribution < 1.29 is 23.9 Å². The zero-order chi connectivity index (χ0) is 27.9. The average molecular weight is 533 g/mol. The molecule has 2 N–H and O–H groups in total. The molecule has 0 aliphatic carbocycles. The van der Waals surface area contributed by atoms with Crippen LogP contribution in [-0.2, 0) is 30.4 Å². The van der Waals surface area contributed by atoms with E-state index in [2.05, 4.69) is 16.7 Å². The van der Waals surface area contributed by atoms with Crippen LogP contribution in [-0.4, -0.2) is 70.3 Å². The number of rotatable bonds is 10. The number of anilines is 2. The van der Waals surface area contributed by atoms with E-state index in [1.54, 1.807) is 26.0 Å². The fourth-order valence-corrected chi connectivity index (χ4v) is 4.71. The standard InChI is InChI=1S/C30H36N4O5/c1-20-13-14-22-9-5-6-10-23(22)24(20)17-34-27-12-8-7-11-26(27)33(28(35)19-39-16-15-38-4)18-25(30(34)37)32-29(36)21(2)31-3/h5-14,21,25,31H,15-19H2,1-4H3,(H,32,36)/t21?,25-/m0/s1. The third kappa shape index (κ3) is 6.27. The Kier molecular flexibility index (Phi) is 9.29. The summed E-state index contributed by atoms with van der Waals surface area (Å²) in [6.07, 6.45) is 0. The summed E-state index contributed by atoms with van der Waals surface area (Å²) in [5, 5.41) is 7.91. The first-order valence-electron chi connectivity index (χ1n) is 13.1. The number of hydrogen-bond acceptors (Lipinski definition) is 6. The second-order valence-electron chi connectivity index (χ2n) is 9.62. The number of ether oxygens (including phenoxy) is 2. The Hall–Kier alpha value is -3.79. The van der Waals surface area contributed by atoms with Gasteiger partial charge in [0, 0.05) is 7.11 Å². The van der Waals surface area contributed by atoms with Gasteiger partial charge in [0.1, 0.15) is 12.6 Å². The number of nitrogens with zero attached hydrogens (tertiary/aromatic N) is 2. The molecule has 39 heavy (non-hydrogen) atoms. The molecule has 0 fully saturated rings. The molecule has 0 saturated heterocycles. The van der Waals surface area contributed by atoms with E-state index >= 15 is 0 Å². The van der Waals surface area contributed by atoms with Crippen LogP contribution < -0.4 is 20.4 Å². The molecule has 0 saturated carbocycles. The lowest BCUT2D eigenvalue weighted by Crippen LogP contribution is -2.56. The molecule has 1 heterocycles. The van der Waals surface area contributed by atoms with Crippen LogP contribution in [0.1, 0.15) is 18.1 Å². The number of benzene rings is 3. The molecule has 3 amide bonds. The molecular weight excluding hydrogens is 496 g/mol. The van der Waals surface area contributed by atoms with E-state index in [1.807, 2.05) is 61.5 Å². The minimum absolute atomic E-state index is 0.0183. The second kappa shape index (κ2) is 12.8. The molecule has 2 atom stereocenters. The molecule has 1 aliphatic rings. The molecule has 9 heteroatoms. The van der Waals surface area contributed by atoms with E-state index in [0.717, 1.165) is 21.9 Å². The topological polar surface area (TPSA) is 100 Å². The fraction of sp³-hybridized carbons (Fsp3) is 0.367. The first-order chi connectivity index (χ1) is 18.8. The number of fused-ring (bicyclic) bond motifs is 2. The molecule has 0 bridgehead atoms. The Morgan fingerprint density at radius 2 is 1.74 bits per heavy atom. The maximum absolute atomic E-state index is 14.2. The van der Waals surface area contributed by atoms with Crippen molar-refractivity contribution in [1.82, 2.24) is 10.6 Å². The van der Waals surface area contributed by atoms with Gasteiger partial charge in [0.15, 0.2) is 0 Å². The lowest BCUT2D eigenvalue weighted by Gasteiger charge is -2.27. The van der Waals surface area contributed by atoms with E-state index in [1.165, 1.54) is 4.90 Å². The van der Waals surface area contributed by atoms with Gasteiger partial charge >= 0.3 is 0 Å². The van der Waals surface area contributed by atoms with Crippen molar-refractivity contribution in [1.29, 1.82) is 0 Å². The highest BCUT2D eigenvalue weighted by Crippen LogP contribution is 2.35. The summed E-state index contributed by atoms with van der Waals surface area (Å²) in [4.78, 5) is 43.7.